The highest BCUT2D eigenvalue weighted by Crippen LogP contribution is 2.26. The summed E-state index contributed by atoms with van der Waals surface area (Å²) in [4.78, 5) is 9.15. The summed E-state index contributed by atoms with van der Waals surface area (Å²) in [6.45, 7) is 2.09. The lowest BCUT2D eigenvalue weighted by molar-refractivity contribution is 0.385. The summed E-state index contributed by atoms with van der Waals surface area (Å²) in [5.74, 6) is 1.11. The van der Waals surface area contributed by atoms with Crippen molar-refractivity contribution in [1.29, 1.82) is 0 Å². The fourth-order valence-electron chi connectivity index (χ4n) is 2.55. The predicted octanol–water partition coefficient (Wildman–Crippen LogP) is 5.41. The summed E-state index contributed by atoms with van der Waals surface area (Å²) in [5, 5.41) is 7.73. The van der Waals surface area contributed by atoms with Crippen molar-refractivity contribution in [3.8, 4) is 22.6 Å². The van der Waals surface area contributed by atoms with Gasteiger partial charge in [-0.25, -0.2) is 4.98 Å². The predicted molar refractivity (Wildman–Crippen MR) is 99.8 cm³/mol. The average molecular weight is 368 g/mol. The van der Waals surface area contributed by atoms with E-state index in [2.05, 4.69) is 34.6 Å². The van der Waals surface area contributed by atoms with Crippen molar-refractivity contribution in [3.63, 3.8) is 0 Å². The lowest BCUT2D eigenvalue weighted by Gasteiger charge is -2.00. The molecule has 0 saturated carbocycles. The molecular formula is C19H14ClN3OS. The molecule has 4 aromatic rings. The van der Waals surface area contributed by atoms with Crippen LogP contribution in [0.1, 0.15) is 16.5 Å². The van der Waals surface area contributed by atoms with Gasteiger partial charge in [0, 0.05) is 21.5 Å². The van der Waals surface area contributed by atoms with Crippen LogP contribution in [0.5, 0.6) is 0 Å². The Morgan fingerprint density at radius 1 is 1.04 bits per heavy atom. The van der Waals surface area contributed by atoms with E-state index in [0.717, 1.165) is 21.8 Å². The van der Waals surface area contributed by atoms with Crippen LogP contribution in [-0.4, -0.2) is 15.1 Å². The fraction of sp³-hybridized carbons (Fsp3) is 0.105. The van der Waals surface area contributed by atoms with E-state index in [1.54, 1.807) is 11.3 Å². The van der Waals surface area contributed by atoms with E-state index in [9.17, 15) is 0 Å². The molecule has 0 aliphatic carbocycles. The lowest BCUT2D eigenvalue weighted by atomic mass is 10.1. The lowest BCUT2D eigenvalue weighted by Crippen LogP contribution is -1.89. The van der Waals surface area contributed by atoms with Crippen molar-refractivity contribution < 1.29 is 4.52 Å². The summed E-state index contributed by atoms with van der Waals surface area (Å²) >= 11 is 7.50. The SMILES string of the molecule is Cc1ccccc1-c1csc(Cc2nc(-c3ccc(Cl)cc3)no2)n1. The number of halogens is 1. The Hall–Kier alpha value is -2.50. The van der Waals surface area contributed by atoms with Crippen molar-refractivity contribution in [2.45, 2.75) is 13.3 Å². The smallest absolute Gasteiger partial charge is 0.233 e. The number of rotatable bonds is 4. The number of hydrogen-bond acceptors (Lipinski definition) is 5. The average Bonchev–Trinajstić information content (AvgIpc) is 3.26. The van der Waals surface area contributed by atoms with Gasteiger partial charge in [-0.2, -0.15) is 4.98 Å². The monoisotopic (exact) mass is 367 g/mol. The van der Waals surface area contributed by atoms with E-state index in [4.69, 9.17) is 21.1 Å². The first-order chi connectivity index (χ1) is 12.2. The van der Waals surface area contributed by atoms with Gasteiger partial charge in [0.05, 0.1) is 12.1 Å². The molecule has 0 spiro atoms. The Bertz CT molecular complexity index is 1010. The van der Waals surface area contributed by atoms with Gasteiger partial charge in [0.2, 0.25) is 11.7 Å². The van der Waals surface area contributed by atoms with Crippen LogP contribution in [0, 0.1) is 6.92 Å². The third kappa shape index (κ3) is 3.48. The first-order valence-electron chi connectivity index (χ1n) is 7.78. The van der Waals surface area contributed by atoms with E-state index < -0.39 is 0 Å². The zero-order chi connectivity index (χ0) is 17.2. The number of hydrogen-bond donors (Lipinski definition) is 0. The maximum absolute atomic E-state index is 5.90. The van der Waals surface area contributed by atoms with Crippen molar-refractivity contribution >= 4 is 22.9 Å². The molecule has 0 unspecified atom stereocenters. The molecule has 0 saturated heterocycles. The van der Waals surface area contributed by atoms with Crippen LogP contribution in [0.4, 0.5) is 0 Å². The molecule has 0 aliphatic rings. The number of benzene rings is 2. The molecule has 2 heterocycles. The van der Waals surface area contributed by atoms with Crippen LogP contribution in [0.2, 0.25) is 5.02 Å². The molecule has 0 amide bonds. The minimum absolute atomic E-state index is 0.525. The zero-order valence-electron chi connectivity index (χ0n) is 13.4. The number of nitrogens with zero attached hydrogens (tertiary/aromatic N) is 3. The van der Waals surface area contributed by atoms with Gasteiger partial charge in [-0.3, -0.25) is 0 Å². The number of thiazole rings is 1. The van der Waals surface area contributed by atoms with E-state index in [-0.39, 0.29) is 0 Å². The molecule has 6 heteroatoms. The summed E-state index contributed by atoms with van der Waals surface area (Å²) in [5.41, 5.74) is 4.22. The van der Waals surface area contributed by atoms with Gasteiger partial charge in [-0.15, -0.1) is 11.3 Å². The van der Waals surface area contributed by atoms with Crippen LogP contribution in [0.15, 0.2) is 58.4 Å². The summed E-state index contributed by atoms with van der Waals surface area (Å²) < 4.78 is 5.36. The Kier molecular flexibility index (Phi) is 4.34. The van der Waals surface area contributed by atoms with Crippen LogP contribution in [-0.2, 0) is 6.42 Å². The second kappa shape index (κ2) is 6.78. The van der Waals surface area contributed by atoms with Gasteiger partial charge in [0.15, 0.2) is 0 Å². The maximum Gasteiger partial charge on any atom is 0.233 e. The van der Waals surface area contributed by atoms with Crippen LogP contribution < -0.4 is 0 Å². The summed E-state index contributed by atoms with van der Waals surface area (Å²) in [7, 11) is 0. The Labute approximate surface area is 154 Å². The molecular weight excluding hydrogens is 354 g/mol. The maximum atomic E-state index is 5.90. The van der Waals surface area contributed by atoms with Crippen molar-refractivity contribution in [1.82, 2.24) is 15.1 Å². The van der Waals surface area contributed by atoms with Gasteiger partial charge in [0.1, 0.15) is 5.01 Å². The van der Waals surface area contributed by atoms with E-state index >= 15 is 0 Å². The molecule has 0 fully saturated rings. The van der Waals surface area contributed by atoms with Crippen LogP contribution in [0.25, 0.3) is 22.6 Å². The van der Waals surface area contributed by atoms with Gasteiger partial charge in [0.25, 0.3) is 0 Å². The molecule has 4 nitrogen and oxygen atoms in total. The highest BCUT2D eigenvalue weighted by atomic mass is 35.5. The van der Waals surface area contributed by atoms with Gasteiger partial charge < -0.3 is 4.52 Å². The number of aryl methyl sites for hydroxylation is 1. The topological polar surface area (TPSA) is 51.8 Å². The largest absolute Gasteiger partial charge is 0.339 e. The molecule has 0 radical (unpaired) electrons. The molecule has 0 aliphatic heterocycles. The molecule has 124 valence electrons. The van der Waals surface area contributed by atoms with E-state index in [0.29, 0.717) is 23.2 Å². The van der Waals surface area contributed by atoms with Gasteiger partial charge >= 0.3 is 0 Å². The van der Waals surface area contributed by atoms with Crippen LogP contribution >= 0.6 is 22.9 Å². The normalized spacial score (nSPS) is 11.0. The first-order valence-corrected chi connectivity index (χ1v) is 9.04. The number of aromatic nitrogens is 3. The third-order valence-electron chi connectivity index (χ3n) is 3.85. The quantitative estimate of drug-likeness (QED) is 0.483. The molecule has 0 N–H and O–H groups in total. The Morgan fingerprint density at radius 3 is 2.64 bits per heavy atom. The second-order valence-electron chi connectivity index (χ2n) is 5.64. The minimum Gasteiger partial charge on any atom is -0.339 e. The second-order valence-corrected chi connectivity index (χ2v) is 7.02. The van der Waals surface area contributed by atoms with Crippen molar-refractivity contribution in [3.05, 3.63) is 75.4 Å². The minimum atomic E-state index is 0.525. The molecule has 0 atom stereocenters. The van der Waals surface area contributed by atoms with E-state index in [1.807, 2.05) is 36.4 Å². The Balaban J connectivity index is 1.54. The molecule has 2 aromatic carbocycles. The standard InChI is InChI=1S/C19H14ClN3OS/c1-12-4-2-3-5-15(12)16-11-25-18(21-16)10-17-22-19(23-24-17)13-6-8-14(20)9-7-13/h2-9,11H,10H2,1H3. The van der Waals surface area contributed by atoms with Gasteiger partial charge in [-0.05, 0) is 36.8 Å². The molecule has 2 aromatic heterocycles. The fourth-order valence-corrected chi connectivity index (χ4v) is 3.46. The van der Waals surface area contributed by atoms with Gasteiger partial charge in [-0.1, -0.05) is 41.0 Å². The summed E-state index contributed by atoms with van der Waals surface area (Å²) in [6.07, 6.45) is 0.525. The third-order valence-corrected chi connectivity index (χ3v) is 4.95. The van der Waals surface area contributed by atoms with Crippen molar-refractivity contribution in [2.24, 2.45) is 0 Å². The molecule has 0 bridgehead atoms. The zero-order valence-corrected chi connectivity index (χ0v) is 15.0. The first kappa shape index (κ1) is 16.0. The summed E-state index contributed by atoms with van der Waals surface area (Å²) in [6, 6.07) is 15.6. The molecule has 25 heavy (non-hydrogen) atoms. The van der Waals surface area contributed by atoms with Crippen molar-refractivity contribution in [2.75, 3.05) is 0 Å². The molecule has 4 rings (SSSR count). The highest BCUT2D eigenvalue weighted by Gasteiger charge is 2.12. The van der Waals surface area contributed by atoms with E-state index in [1.165, 1.54) is 5.56 Å². The highest BCUT2D eigenvalue weighted by molar-refractivity contribution is 7.10. The Morgan fingerprint density at radius 2 is 1.84 bits per heavy atom. The van der Waals surface area contributed by atoms with Crippen LogP contribution in [0.3, 0.4) is 0 Å².